The molecule has 2 aromatic rings. The second kappa shape index (κ2) is 3.87. The largest absolute Gasteiger partial charge is 0.464 e. The maximum atomic E-state index is 11.0. The van der Waals surface area contributed by atoms with Crippen LogP contribution in [0.25, 0.3) is 11.0 Å². The molecule has 0 bridgehead atoms. The van der Waals surface area contributed by atoms with Crippen molar-refractivity contribution < 1.29 is 9.21 Å². The number of rotatable bonds is 3. The van der Waals surface area contributed by atoms with Crippen LogP contribution in [0.2, 0.25) is 0 Å². The van der Waals surface area contributed by atoms with E-state index in [1.165, 1.54) is 0 Å². The highest BCUT2D eigenvalue weighted by Gasteiger charge is 2.17. The molecular weight excluding hydrogens is 190 g/mol. The molecule has 1 aromatic heterocycles. The second-order valence-electron chi connectivity index (χ2n) is 3.73. The summed E-state index contributed by atoms with van der Waals surface area (Å²) in [4.78, 5) is 12.9. The third-order valence-corrected chi connectivity index (χ3v) is 2.51. The second-order valence-corrected chi connectivity index (χ2v) is 3.73. The molecule has 0 amide bonds. The topological polar surface area (TPSA) is 33.5 Å². The van der Waals surface area contributed by atoms with Gasteiger partial charge < -0.3 is 9.21 Å². The predicted molar refractivity (Wildman–Crippen MR) is 58.7 cm³/mol. The fourth-order valence-electron chi connectivity index (χ4n) is 1.70. The summed E-state index contributed by atoms with van der Waals surface area (Å²) in [6, 6.07) is 7.48. The fraction of sp³-hybridized carbons (Fsp3) is 0.250. The van der Waals surface area contributed by atoms with Crippen LogP contribution < -0.4 is 0 Å². The number of carbonyl (C=O) groups excluding carboxylic acids is 1. The maximum Gasteiger partial charge on any atom is 0.141 e. The van der Waals surface area contributed by atoms with Gasteiger partial charge in [0.15, 0.2) is 0 Å². The van der Waals surface area contributed by atoms with Gasteiger partial charge in [0.2, 0.25) is 0 Å². The Morgan fingerprint density at radius 3 is 2.73 bits per heavy atom. The quantitative estimate of drug-likeness (QED) is 0.717. The molecule has 15 heavy (non-hydrogen) atoms. The minimum absolute atomic E-state index is 0.242. The van der Waals surface area contributed by atoms with E-state index in [0.29, 0.717) is 0 Å². The number of hydrogen-bond acceptors (Lipinski definition) is 3. The maximum absolute atomic E-state index is 11.0. The van der Waals surface area contributed by atoms with Gasteiger partial charge in [0.05, 0.1) is 12.3 Å². The van der Waals surface area contributed by atoms with Gasteiger partial charge in [-0.25, -0.2) is 0 Å². The first-order valence-corrected chi connectivity index (χ1v) is 4.82. The van der Waals surface area contributed by atoms with Crippen LogP contribution in [0.1, 0.15) is 11.6 Å². The Balaban J connectivity index is 2.55. The summed E-state index contributed by atoms with van der Waals surface area (Å²) < 4.78 is 5.40. The first kappa shape index (κ1) is 9.93. The van der Waals surface area contributed by atoms with Crippen molar-refractivity contribution in [3.63, 3.8) is 0 Å². The Morgan fingerprint density at radius 1 is 1.33 bits per heavy atom. The van der Waals surface area contributed by atoms with Crippen molar-refractivity contribution in [2.45, 2.75) is 6.04 Å². The van der Waals surface area contributed by atoms with Crippen LogP contribution >= 0.6 is 0 Å². The SMILES string of the molecule is CN(C)C(C=O)c1coc2ccccc12. The van der Waals surface area contributed by atoms with E-state index in [-0.39, 0.29) is 6.04 Å². The van der Waals surface area contributed by atoms with Crippen molar-refractivity contribution in [3.8, 4) is 0 Å². The molecule has 0 spiro atoms. The Morgan fingerprint density at radius 2 is 2.07 bits per heavy atom. The number of fused-ring (bicyclic) bond motifs is 1. The summed E-state index contributed by atoms with van der Waals surface area (Å²) in [7, 11) is 3.75. The van der Waals surface area contributed by atoms with Gasteiger partial charge >= 0.3 is 0 Å². The number of likely N-dealkylation sites (N-methyl/N-ethyl adjacent to an activating group) is 1. The normalized spacial score (nSPS) is 13.3. The molecule has 0 saturated heterocycles. The smallest absolute Gasteiger partial charge is 0.141 e. The molecule has 3 nitrogen and oxygen atoms in total. The number of hydrogen-bond donors (Lipinski definition) is 0. The van der Waals surface area contributed by atoms with E-state index in [9.17, 15) is 4.79 Å². The third-order valence-electron chi connectivity index (χ3n) is 2.51. The van der Waals surface area contributed by atoms with Gasteiger partial charge in [-0.1, -0.05) is 18.2 Å². The molecule has 0 aliphatic heterocycles. The van der Waals surface area contributed by atoms with Crippen LogP contribution in [-0.2, 0) is 4.79 Å². The fourth-order valence-corrected chi connectivity index (χ4v) is 1.70. The van der Waals surface area contributed by atoms with Crippen molar-refractivity contribution in [2.24, 2.45) is 0 Å². The van der Waals surface area contributed by atoms with E-state index in [1.807, 2.05) is 43.3 Å². The van der Waals surface area contributed by atoms with Crippen LogP contribution in [0, 0.1) is 0 Å². The van der Waals surface area contributed by atoms with Gasteiger partial charge in [0.1, 0.15) is 11.9 Å². The van der Waals surface area contributed by atoms with Gasteiger partial charge in [-0.05, 0) is 20.2 Å². The molecule has 2 rings (SSSR count). The van der Waals surface area contributed by atoms with Crippen molar-refractivity contribution in [1.29, 1.82) is 0 Å². The monoisotopic (exact) mass is 203 g/mol. The van der Waals surface area contributed by atoms with Crippen molar-refractivity contribution in [2.75, 3.05) is 14.1 Å². The van der Waals surface area contributed by atoms with E-state index in [1.54, 1.807) is 6.26 Å². The Hall–Kier alpha value is -1.61. The third kappa shape index (κ3) is 1.66. The zero-order valence-corrected chi connectivity index (χ0v) is 8.81. The van der Waals surface area contributed by atoms with E-state index in [0.717, 1.165) is 22.8 Å². The van der Waals surface area contributed by atoms with Crippen LogP contribution in [0.5, 0.6) is 0 Å². The minimum atomic E-state index is -0.242. The van der Waals surface area contributed by atoms with Crippen molar-refractivity contribution >= 4 is 17.3 Å². The molecule has 0 fully saturated rings. The van der Waals surface area contributed by atoms with Gasteiger partial charge in [-0.2, -0.15) is 0 Å². The summed E-state index contributed by atoms with van der Waals surface area (Å²) in [5.74, 6) is 0. The number of carbonyl (C=O) groups is 1. The van der Waals surface area contributed by atoms with E-state index in [2.05, 4.69) is 0 Å². The van der Waals surface area contributed by atoms with E-state index < -0.39 is 0 Å². The number of benzene rings is 1. The molecule has 1 aromatic carbocycles. The lowest BCUT2D eigenvalue weighted by Gasteiger charge is -2.16. The van der Waals surface area contributed by atoms with Crippen molar-refractivity contribution in [3.05, 3.63) is 36.1 Å². The highest BCUT2D eigenvalue weighted by atomic mass is 16.3. The number of nitrogens with zero attached hydrogens (tertiary/aromatic N) is 1. The van der Waals surface area contributed by atoms with Crippen LogP contribution in [0.15, 0.2) is 34.9 Å². The lowest BCUT2D eigenvalue weighted by molar-refractivity contribution is -0.111. The Bertz CT molecular complexity index is 473. The molecule has 0 radical (unpaired) electrons. The summed E-state index contributed by atoms with van der Waals surface area (Å²) in [5, 5.41) is 1.00. The molecule has 0 aliphatic carbocycles. The van der Waals surface area contributed by atoms with Crippen LogP contribution in [0.4, 0.5) is 0 Å². The summed E-state index contributed by atoms with van der Waals surface area (Å²) >= 11 is 0. The minimum Gasteiger partial charge on any atom is -0.464 e. The first-order chi connectivity index (χ1) is 7.24. The summed E-state index contributed by atoms with van der Waals surface area (Å²) in [6.45, 7) is 0. The lowest BCUT2D eigenvalue weighted by atomic mass is 10.1. The van der Waals surface area contributed by atoms with Crippen LogP contribution in [0.3, 0.4) is 0 Å². The predicted octanol–water partition coefficient (Wildman–Crippen LogP) is 2.23. The molecule has 0 N–H and O–H groups in total. The molecule has 3 heteroatoms. The van der Waals surface area contributed by atoms with E-state index in [4.69, 9.17) is 4.42 Å². The van der Waals surface area contributed by atoms with Gasteiger partial charge in [0.25, 0.3) is 0 Å². The average Bonchev–Trinajstić information content (AvgIpc) is 2.63. The highest BCUT2D eigenvalue weighted by molar-refractivity contribution is 5.84. The molecule has 1 unspecified atom stereocenters. The molecule has 78 valence electrons. The standard InChI is InChI=1S/C12H13NO2/c1-13(2)11(7-14)10-8-15-12-6-4-3-5-9(10)12/h3-8,11H,1-2H3. The molecule has 0 aliphatic rings. The van der Waals surface area contributed by atoms with Gasteiger partial charge in [-0.15, -0.1) is 0 Å². The van der Waals surface area contributed by atoms with Gasteiger partial charge in [-0.3, -0.25) is 4.90 Å². The van der Waals surface area contributed by atoms with E-state index >= 15 is 0 Å². The zero-order chi connectivity index (χ0) is 10.8. The molecule has 0 saturated carbocycles. The number of para-hydroxylation sites is 1. The molecule has 1 atom stereocenters. The lowest BCUT2D eigenvalue weighted by Crippen LogP contribution is -2.20. The number of aldehydes is 1. The molecular formula is C12H13NO2. The molecule has 1 heterocycles. The van der Waals surface area contributed by atoms with Crippen molar-refractivity contribution in [1.82, 2.24) is 4.90 Å². The highest BCUT2D eigenvalue weighted by Crippen LogP contribution is 2.27. The first-order valence-electron chi connectivity index (χ1n) is 4.82. The zero-order valence-electron chi connectivity index (χ0n) is 8.81. The summed E-state index contributed by atoms with van der Waals surface area (Å²) in [6.07, 6.45) is 2.58. The van der Waals surface area contributed by atoms with Crippen LogP contribution in [-0.4, -0.2) is 25.3 Å². The summed E-state index contributed by atoms with van der Waals surface area (Å²) in [5.41, 5.74) is 1.74. The number of furan rings is 1. The average molecular weight is 203 g/mol. The van der Waals surface area contributed by atoms with Gasteiger partial charge in [0, 0.05) is 10.9 Å². The Kier molecular flexibility index (Phi) is 2.56. The Labute approximate surface area is 88.3 Å².